The van der Waals surface area contributed by atoms with Crippen LogP contribution in [0.15, 0.2) is 48.8 Å². The van der Waals surface area contributed by atoms with Crippen LogP contribution in [-0.4, -0.2) is 4.98 Å². The first-order valence-electron chi connectivity index (χ1n) is 5.20. The van der Waals surface area contributed by atoms with E-state index in [0.29, 0.717) is 5.69 Å². The van der Waals surface area contributed by atoms with E-state index in [1.807, 2.05) is 24.3 Å². The second-order valence-corrected chi connectivity index (χ2v) is 3.70. The number of nitrogens with two attached hydrogens (primary N) is 1. The number of anilines is 1. The van der Waals surface area contributed by atoms with Gasteiger partial charge in [0.2, 0.25) is 0 Å². The predicted octanol–water partition coefficient (Wildman–Crippen LogP) is 3.22. The molecule has 0 fully saturated rings. The molecule has 2 N–H and O–H groups in total. The van der Waals surface area contributed by atoms with Crippen molar-refractivity contribution in [1.82, 2.24) is 4.98 Å². The molecule has 1 heterocycles. The van der Waals surface area contributed by atoms with E-state index in [9.17, 15) is 0 Å². The van der Waals surface area contributed by atoms with Crippen LogP contribution in [0.25, 0.3) is 11.6 Å². The Bertz CT molecular complexity index is 501. The Kier molecular flexibility index (Phi) is 3.01. The summed E-state index contributed by atoms with van der Waals surface area (Å²) in [5.74, 6) is 0. The third-order valence-corrected chi connectivity index (χ3v) is 2.46. The van der Waals surface area contributed by atoms with E-state index in [1.165, 1.54) is 5.56 Å². The molecule has 80 valence electrons. The number of benzene rings is 1. The van der Waals surface area contributed by atoms with Gasteiger partial charge in [-0.15, -0.1) is 0 Å². The molecule has 2 nitrogen and oxygen atoms in total. The molecule has 2 aromatic rings. The van der Waals surface area contributed by atoms with Crippen LogP contribution in [0.2, 0.25) is 0 Å². The second-order valence-electron chi connectivity index (χ2n) is 3.70. The van der Waals surface area contributed by atoms with Crippen LogP contribution in [-0.2, 0) is 0 Å². The van der Waals surface area contributed by atoms with Crippen molar-refractivity contribution in [3.63, 3.8) is 0 Å². The Hall–Kier alpha value is -2.09. The van der Waals surface area contributed by atoms with Crippen molar-refractivity contribution in [2.45, 2.75) is 6.92 Å². The fraction of sp³-hybridized carbons (Fsp3) is 0.0714. The number of pyridine rings is 1. The summed E-state index contributed by atoms with van der Waals surface area (Å²) in [5, 5.41) is 0. The van der Waals surface area contributed by atoms with Gasteiger partial charge < -0.3 is 5.73 Å². The highest BCUT2D eigenvalue weighted by atomic mass is 14.7. The van der Waals surface area contributed by atoms with Crippen LogP contribution in [0, 0.1) is 0 Å². The van der Waals surface area contributed by atoms with Gasteiger partial charge in [-0.2, -0.15) is 0 Å². The summed E-state index contributed by atoms with van der Waals surface area (Å²) < 4.78 is 0. The molecule has 0 aliphatic carbocycles. The van der Waals surface area contributed by atoms with E-state index in [-0.39, 0.29) is 0 Å². The van der Waals surface area contributed by atoms with Gasteiger partial charge in [-0.1, -0.05) is 36.4 Å². The molecule has 2 rings (SSSR count). The molecular weight excluding hydrogens is 196 g/mol. The molecule has 0 spiro atoms. The second kappa shape index (κ2) is 4.62. The lowest BCUT2D eigenvalue weighted by Crippen LogP contribution is -1.92. The molecule has 1 aromatic heterocycles. The first-order chi connectivity index (χ1) is 7.77. The SMILES string of the molecule is C/C(=C\c1ccccc1)c1ccncc1N. The van der Waals surface area contributed by atoms with Crippen LogP contribution in [0.3, 0.4) is 0 Å². The average Bonchev–Trinajstić information content (AvgIpc) is 2.31. The van der Waals surface area contributed by atoms with Gasteiger partial charge in [-0.05, 0) is 24.1 Å². The first kappa shape index (κ1) is 10.4. The first-order valence-corrected chi connectivity index (χ1v) is 5.20. The molecule has 0 unspecified atom stereocenters. The molecule has 0 amide bonds. The summed E-state index contributed by atoms with van der Waals surface area (Å²) in [7, 11) is 0. The van der Waals surface area contributed by atoms with Crippen LogP contribution in [0.5, 0.6) is 0 Å². The zero-order chi connectivity index (χ0) is 11.4. The number of allylic oxidation sites excluding steroid dienone is 1. The van der Waals surface area contributed by atoms with Crippen LogP contribution in [0.4, 0.5) is 5.69 Å². The van der Waals surface area contributed by atoms with Gasteiger partial charge in [0, 0.05) is 11.8 Å². The molecule has 0 saturated heterocycles. The Morgan fingerprint density at radius 3 is 2.62 bits per heavy atom. The maximum atomic E-state index is 5.87. The lowest BCUT2D eigenvalue weighted by Gasteiger charge is -2.04. The fourth-order valence-corrected chi connectivity index (χ4v) is 1.64. The van der Waals surface area contributed by atoms with Crippen molar-refractivity contribution in [2.75, 3.05) is 5.73 Å². The number of aromatic nitrogens is 1. The molecule has 0 radical (unpaired) electrons. The minimum atomic E-state index is 0.715. The summed E-state index contributed by atoms with van der Waals surface area (Å²) in [5.41, 5.74) is 9.95. The zero-order valence-corrected chi connectivity index (χ0v) is 9.22. The van der Waals surface area contributed by atoms with E-state index in [1.54, 1.807) is 12.4 Å². The van der Waals surface area contributed by atoms with Crippen LogP contribution >= 0.6 is 0 Å². The van der Waals surface area contributed by atoms with Gasteiger partial charge in [0.25, 0.3) is 0 Å². The van der Waals surface area contributed by atoms with Crippen molar-refractivity contribution < 1.29 is 0 Å². The van der Waals surface area contributed by atoms with Crippen molar-refractivity contribution in [1.29, 1.82) is 0 Å². The number of rotatable bonds is 2. The van der Waals surface area contributed by atoms with Gasteiger partial charge in [-0.25, -0.2) is 0 Å². The lowest BCUT2D eigenvalue weighted by atomic mass is 10.0. The van der Waals surface area contributed by atoms with E-state index < -0.39 is 0 Å². The quantitative estimate of drug-likeness (QED) is 0.826. The molecule has 0 bridgehead atoms. The fourth-order valence-electron chi connectivity index (χ4n) is 1.64. The van der Waals surface area contributed by atoms with Gasteiger partial charge in [0.1, 0.15) is 0 Å². The van der Waals surface area contributed by atoms with Gasteiger partial charge in [-0.3, -0.25) is 4.98 Å². The normalized spacial score (nSPS) is 11.4. The van der Waals surface area contributed by atoms with Crippen molar-refractivity contribution >= 4 is 17.3 Å². The summed E-state index contributed by atoms with van der Waals surface area (Å²) in [6.45, 7) is 2.05. The van der Waals surface area contributed by atoms with E-state index in [2.05, 4.69) is 30.1 Å². The zero-order valence-electron chi connectivity index (χ0n) is 9.22. The highest BCUT2D eigenvalue weighted by Crippen LogP contribution is 2.21. The Morgan fingerprint density at radius 1 is 1.19 bits per heavy atom. The average molecular weight is 210 g/mol. The molecule has 0 atom stereocenters. The highest BCUT2D eigenvalue weighted by molar-refractivity contribution is 5.84. The van der Waals surface area contributed by atoms with Gasteiger partial charge in [0.05, 0.1) is 11.9 Å². The largest absolute Gasteiger partial charge is 0.397 e. The number of hydrogen-bond donors (Lipinski definition) is 1. The summed E-state index contributed by atoms with van der Waals surface area (Å²) in [6, 6.07) is 12.1. The van der Waals surface area contributed by atoms with Crippen molar-refractivity contribution in [3.05, 3.63) is 59.9 Å². The highest BCUT2D eigenvalue weighted by Gasteiger charge is 2.00. The maximum absolute atomic E-state index is 5.87. The van der Waals surface area contributed by atoms with E-state index in [4.69, 9.17) is 5.73 Å². The molecule has 2 heteroatoms. The summed E-state index contributed by atoms with van der Waals surface area (Å²) >= 11 is 0. The van der Waals surface area contributed by atoms with E-state index >= 15 is 0 Å². The molecule has 0 saturated carbocycles. The Labute approximate surface area is 95.5 Å². The lowest BCUT2D eigenvalue weighted by molar-refractivity contribution is 1.32. The van der Waals surface area contributed by atoms with Crippen molar-refractivity contribution in [2.24, 2.45) is 0 Å². The van der Waals surface area contributed by atoms with Crippen LogP contribution < -0.4 is 5.73 Å². The molecule has 16 heavy (non-hydrogen) atoms. The molecular formula is C14H14N2. The monoisotopic (exact) mass is 210 g/mol. The smallest absolute Gasteiger partial charge is 0.0576 e. The predicted molar refractivity (Wildman–Crippen MR) is 68.6 cm³/mol. The van der Waals surface area contributed by atoms with Crippen molar-refractivity contribution in [3.8, 4) is 0 Å². The minimum absolute atomic E-state index is 0.715. The van der Waals surface area contributed by atoms with Gasteiger partial charge >= 0.3 is 0 Å². The Morgan fingerprint density at radius 2 is 1.94 bits per heavy atom. The summed E-state index contributed by atoms with van der Waals surface area (Å²) in [4.78, 5) is 3.98. The van der Waals surface area contributed by atoms with Gasteiger partial charge in [0.15, 0.2) is 0 Å². The number of nitrogens with zero attached hydrogens (tertiary/aromatic N) is 1. The molecule has 1 aromatic carbocycles. The molecule has 0 aliphatic rings. The minimum Gasteiger partial charge on any atom is -0.397 e. The third-order valence-electron chi connectivity index (χ3n) is 2.46. The number of nitrogen functional groups attached to an aromatic ring is 1. The maximum Gasteiger partial charge on any atom is 0.0576 e. The third kappa shape index (κ3) is 2.28. The summed E-state index contributed by atoms with van der Waals surface area (Å²) in [6.07, 6.45) is 5.55. The topological polar surface area (TPSA) is 38.9 Å². The Balaban J connectivity index is 2.36. The molecule has 0 aliphatic heterocycles. The van der Waals surface area contributed by atoms with E-state index in [0.717, 1.165) is 11.1 Å². The standard InChI is InChI=1S/C14H14N2/c1-11(9-12-5-3-2-4-6-12)13-7-8-16-10-14(13)15/h2-10H,15H2,1H3/b11-9+. The van der Waals surface area contributed by atoms with Crippen LogP contribution in [0.1, 0.15) is 18.1 Å². The number of hydrogen-bond acceptors (Lipinski definition) is 2.